The van der Waals surface area contributed by atoms with E-state index in [0.717, 1.165) is 60.6 Å². The van der Waals surface area contributed by atoms with E-state index in [9.17, 15) is 5.11 Å². The lowest BCUT2D eigenvalue weighted by Gasteiger charge is -2.35. The highest BCUT2D eigenvalue weighted by atomic mass is 35.5. The number of aliphatic hydroxyl groups excluding tert-OH is 1. The number of hydrogen-bond acceptors (Lipinski definition) is 6. The van der Waals surface area contributed by atoms with Crippen molar-refractivity contribution in [3.05, 3.63) is 52.5 Å². The third-order valence-electron chi connectivity index (χ3n) is 5.35. The molecule has 0 aliphatic carbocycles. The summed E-state index contributed by atoms with van der Waals surface area (Å²) in [6.07, 6.45) is -0.522. The van der Waals surface area contributed by atoms with Gasteiger partial charge in [-0.15, -0.1) is 24.8 Å². The van der Waals surface area contributed by atoms with Gasteiger partial charge >= 0.3 is 0 Å². The Bertz CT molecular complexity index is 848. The highest BCUT2D eigenvalue weighted by Gasteiger charge is 2.21. The largest absolute Gasteiger partial charge is 0.491 e. The van der Waals surface area contributed by atoms with Crippen LogP contribution in [0, 0.1) is 6.92 Å². The van der Waals surface area contributed by atoms with Gasteiger partial charge in [-0.05, 0) is 48.4 Å². The van der Waals surface area contributed by atoms with Gasteiger partial charge in [0.05, 0.1) is 0 Å². The second-order valence-electron chi connectivity index (χ2n) is 7.64. The number of ether oxygens (including phenoxy) is 3. The van der Waals surface area contributed by atoms with Crippen LogP contribution in [-0.4, -0.2) is 67.1 Å². The summed E-state index contributed by atoms with van der Waals surface area (Å²) in [5.41, 5.74) is 2.20. The van der Waals surface area contributed by atoms with E-state index in [-0.39, 0.29) is 31.4 Å². The fraction of sp³-hybridized carbons (Fsp3) is 0.455. The molecule has 0 spiro atoms. The predicted octanol–water partition coefficient (Wildman–Crippen LogP) is 3.78. The fourth-order valence-corrected chi connectivity index (χ4v) is 3.80. The molecule has 0 saturated carbocycles. The van der Waals surface area contributed by atoms with E-state index in [4.69, 9.17) is 25.8 Å². The van der Waals surface area contributed by atoms with Crippen molar-refractivity contribution >= 4 is 36.4 Å². The third-order valence-corrected chi connectivity index (χ3v) is 5.77. The minimum atomic E-state index is -0.522. The van der Waals surface area contributed by atoms with Gasteiger partial charge in [0.15, 0.2) is 11.5 Å². The third kappa shape index (κ3) is 7.04. The molecule has 4 rings (SSSR count). The fourth-order valence-electron chi connectivity index (χ4n) is 3.68. The molecule has 0 radical (unpaired) electrons. The lowest BCUT2D eigenvalue weighted by atomic mass is 10.1. The predicted molar refractivity (Wildman–Crippen MR) is 126 cm³/mol. The van der Waals surface area contributed by atoms with Gasteiger partial charge in [0, 0.05) is 44.3 Å². The number of aliphatic hydroxyl groups is 1. The molecule has 0 aromatic heterocycles. The highest BCUT2D eigenvalue weighted by Crippen LogP contribution is 2.32. The lowest BCUT2D eigenvalue weighted by Crippen LogP contribution is -2.48. The summed E-state index contributed by atoms with van der Waals surface area (Å²) in [5.74, 6) is 2.39. The zero-order valence-corrected chi connectivity index (χ0v) is 19.8. The molecule has 2 aromatic rings. The molecule has 0 amide bonds. The van der Waals surface area contributed by atoms with Gasteiger partial charge < -0.3 is 19.3 Å². The number of hydrogen-bond donors (Lipinski definition) is 1. The monoisotopic (exact) mass is 490 g/mol. The first kappa shape index (κ1) is 25.8. The van der Waals surface area contributed by atoms with Crippen LogP contribution in [-0.2, 0) is 6.54 Å². The summed E-state index contributed by atoms with van der Waals surface area (Å²) in [7, 11) is 0. The minimum absolute atomic E-state index is 0. The molecule has 2 aliphatic heterocycles. The molecule has 2 aromatic carbocycles. The van der Waals surface area contributed by atoms with Crippen LogP contribution in [0.1, 0.15) is 11.1 Å². The molecule has 1 N–H and O–H groups in total. The Balaban J connectivity index is 0.00000171. The number of fused-ring (bicyclic) bond motifs is 1. The minimum Gasteiger partial charge on any atom is -0.491 e. The molecule has 9 heteroatoms. The van der Waals surface area contributed by atoms with E-state index in [1.807, 2.05) is 31.2 Å². The van der Waals surface area contributed by atoms with Crippen molar-refractivity contribution in [1.29, 1.82) is 0 Å². The molecular weight excluding hydrogens is 463 g/mol. The zero-order chi connectivity index (χ0) is 20.2. The van der Waals surface area contributed by atoms with Crippen molar-refractivity contribution in [2.24, 2.45) is 0 Å². The summed E-state index contributed by atoms with van der Waals surface area (Å²) in [5, 5.41) is 11.1. The van der Waals surface area contributed by atoms with Crippen LogP contribution in [0.5, 0.6) is 17.2 Å². The quantitative estimate of drug-likeness (QED) is 0.636. The molecule has 0 bridgehead atoms. The number of rotatable bonds is 7. The molecular formula is C22H29Cl3N2O4. The number of β-amino-alcohol motifs (C(OH)–C–C–N with tert-alkyl or cyclic N) is 1. The lowest BCUT2D eigenvalue weighted by molar-refractivity contribution is 0.0446. The summed E-state index contributed by atoms with van der Waals surface area (Å²) in [4.78, 5) is 4.71. The number of nitrogens with zero attached hydrogens (tertiary/aromatic N) is 2. The van der Waals surface area contributed by atoms with Crippen molar-refractivity contribution in [2.75, 3.05) is 46.1 Å². The molecule has 1 unspecified atom stereocenters. The molecule has 2 heterocycles. The Morgan fingerprint density at radius 2 is 1.71 bits per heavy atom. The molecule has 172 valence electrons. The normalized spacial score (nSPS) is 16.9. The Kier molecular flexibility index (Phi) is 10.0. The van der Waals surface area contributed by atoms with Crippen LogP contribution in [0.25, 0.3) is 0 Å². The van der Waals surface area contributed by atoms with Gasteiger partial charge in [0.25, 0.3) is 0 Å². The molecule has 31 heavy (non-hydrogen) atoms. The topological polar surface area (TPSA) is 54.4 Å². The van der Waals surface area contributed by atoms with Crippen LogP contribution >= 0.6 is 36.4 Å². The van der Waals surface area contributed by atoms with Crippen LogP contribution in [0.4, 0.5) is 0 Å². The van der Waals surface area contributed by atoms with Crippen molar-refractivity contribution in [1.82, 2.24) is 9.80 Å². The SMILES string of the molecule is Cc1cc(OCC(O)CN2CCN(Cc3ccc4c(c3)OCO4)CC2)ccc1Cl.Cl.Cl. The molecule has 2 aliphatic rings. The Morgan fingerprint density at radius 1 is 1.00 bits per heavy atom. The van der Waals surface area contributed by atoms with Gasteiger partial charge in [-0.3, -0.25) is 9.80 Å². The van der Waals surface area contributed by atoms with Crippen LogP contribution in [0.2, 0.25) is 5.02 Å². The summed E-state index contributed by atoms with van der Waals surface area (Å²) < 4.78 is 16.5. The van der Waals surface area contributed by atoms with Crippen LogP contribution in [0.15, 0.2) is 36.4 Å². The first-order valence-corrected chi connectivity index (χ1v) is 10.3. The van der Waals surface area contributed by atoms with Crippen LogP contribution < -0.4 is 14.2 Å². The van der Waals surface area contributed by atoms with E-state index in [0.29, 0.717) is 13.3 Å². The van der Waals surface area contributed by atoms with E-state index < -0.39 is 6.10 Å². The average molecular weight is 492 g/mol. The van der Waals surface area contributed by atoms with E-state index >= 15 is 0 Å². The zero-order valence-electron chi connectivity index (χ0n) is 17.5. The smallest absolute Gasteiger partial charge is 0.231 e. The van der Waals surface area contributed by atoms with Crippen molar-refractivity contribution in [3.63, 3.8) is 0 Å². The standard InChI is InChI=1S/C22H27ClN2O4.2ClH/c1-16-10-19(3-4-20(16)23)27-14-18(26)13-25-8-6-24(7-9-25)12-17-2-5-21-22(11-17)29-15-28-21;;/h2-5,10-11,18,26H,6-9,12-15H2,1H3;2*1H. The van der Waals surface area contributed by atoms with Gasteiger partial charge in [-0.2, -0.15) is 0 Å². The summed E-state index contributed by atoms with van der Waals surface area (Å²) >= 11 is 6.03. The maximum absolute atomic E-state index is 10.3. The van der Waals surface area contributed by atoms with Gasteiger partial charge in [0.1, 0.15) is 18.5 Å². The second-order valence-corrected chi connectivity index (χ2v) is 8.05. The van der Waals surface area contributed by atoms with E-state index in [1.54, 1.807) is 0 Å². The Morgan fingerprint density at radius 3 is 2.45 bits per heavy atom. The summed E-state index contributed by atoms with van der Waals surface area (Å²) in [6, 6.07) is 11.7. The Labute approximate surface area is 200 Å². The maximum atomic E-state index is 10.3. The van der Waals surface area contributed by atoms with Crippen molar-refractivity contribution in [2.45, 2.75) is 19.6 Å². The highest BCUT2D eigenvalue weighted by molar-refractivity contribution is 6.31. The second kappa shape index (κ2) is 12.0. The maximum Gasteiger partial charge on any atom is 0.231 e. The molecule has 1 atom stereocenters. The molecule has 1 fully saturated rings. The first-order chi connectivity index (χ1) is 14.1. The number of piperazine rings is 1. The Hall–Kier alpha value is -1.41. The van der Waals surface area contributed by atoms with Gasteiger partial charge in [0.2, 0.25) is 6.79 Å². The number of benzene rings is 2. The number of aryl methyl sites for hydroxylation is 1. The summed E-state index contributed by atoms with van der Waals surface area (Å²) in [6.45, 7) is 7.84. The van der Waals surface area contributed by atoms with Crippen molar-refractivity contribution in [3.8, 4) is 17.2 Å². The van der Waals surface area contributed by atoms with Crippen molar-refractivity contribution < 1.29 is 19.3 Å². The van der Waals surface area contributed by atoms with Gasteiger partial charge in [-0.25, -0.2) is 0 Å². The van der Waals surface area contributed by atoms with E-state index in [1.165, 1.54) is 5.56 Å². The number of halogens is 3. The molecule has 6 nitrogen and oxygen atoms in total. The van der Waals surface area contributed by atoms with E-state index in [2.05, 4.69) is 21.9 Å². The van der Waals surface area contributed by atoms with Crippen LogP contribution in [0.3, 0.4) is 0 Å². The first-order valence-electron chi connectivity index (χ1n) is 9.97. The average Bonchev–Trinajstić information content (AvgIpc) is 3.18. The molecule has 1 saturated heterocycles. The van der Waals surface area contributed by atoms with Gasteiger partial charge in [-0.1, -0.05) is 17.7 Å².